The molecule has 18 heavy (non-hydrogen) atoms. The molecule has 2 N–H and O–H groups in total. The Morgan fingerprint density at radius 3 is 2.33 bits per heavy atom. The van der Waals surface area contributed by atoms with E-state index in [0.29, 0.717) is 11.3 Å². The van der Waals surface area contributed by atoms with Gasteiger partial charge in [0.1, 0.15) is 0 Å². The molecule has 0 amide bonds. The van der Waals surface area contributed by atoms with E-state index in [1.165, 1.54) is 0 Å². The lowest BCUT2D eigenvalue weighted by Gasteiger charge is -2.19. The number of nitrogens with one attached hydrogen (secondary N) is 1. The largest absolute Gasteiger partial charge is 0.445 e. The Morgan fingerprint density at radius 2 is 1.89 bits per heavy atom. The Hall–Kier alpha value is -0.890. The SMILES string of the molecule is CCC(CC)C(O)CNc1nnc(C(F)(F)F)s1. The molecule has 4 nitrogen and oxygen atoms in total. The summed E-state index contributed by atoms with van der Waals surface area (Å²) in [6.45, 7) is 4.10. The van der Waals surface area contributed by atoms with E-state index in [0.717, 1.165) is 12.8 Å². The molecule has 1 aromatic rings. The number of halogens is 3. The molecule has 0 saturated heterocycles. The molecule has 0 fully saturated rings. The topological polar surface area (TPSA) is 58.0 Å². The summed E-state index contributed by atoms with van der Waals surface area (Å²) in [4.78, 5) is 0. The molecule has 0 spiro atoms. The number of aliphatic hydroxyl groups excluding tert-OH is 1. The standard InChI is InChI=1S/C10H16F3N3OS/c1-3-6(4-2)7(17)5-14-9-16-15-8(18-9)10(11,12)13/h6-7,17H,3-5H2,1-2H3,(H,14,16). The van der Waals surface area contributed by atoms with Gasteiger partial charge in [0.15, 0.2) is 0 Å². The van der Waals surface area contributed by atoms with Crippen molar-refractivity contribution in [2.75, 3.05) is 11.9 Å². The van der Waals surface area contributed by atoms with Crippen LogP contribution < -0.4 is 5.32 Å². The molecule has 0 aliphatic rings. The van der Waals surface area contributed by atoms with Crippen molar-refractivity contribution in [3.63, 3.8) is 0 Å². The highest BCUT2D eigenvalue weighted by atomic mass is 32.1. The first-order valence-corrected chi connectivity index (χ1v) is 6.52. The number of nitrogens with zero attached hydrogens (tertiary/aromatic N) is 2. The number of aliphatic hydroxyl groups is 1. The van der Waals surface area contributed by atoms with Crippen molar-refractivity contribution in [2.24, 2.45) is 5.92 Å². The number of hydrogen-bond acceptors (Lipinski definition) is 5. The Labute approximate surface area is 107 Å². The van der Waals surface area contributed by atoms with Gasteiger partial charge in [-0.05, 0) is 5.92 Å². The lowest BCUT2D eigenvalue weighted by molar-refractivity contribution is -0.138. The number of aromatic nitrogens is 2. The second kappa shape index (κ2) is 6.33. The molecule has 0 aliphatic heterocycles. The molecule has 8 heteroatoms. The first kappa shape index (κ1) is 15.2. The van der Waals surface area contributed by atoms with Crippen molar-refractivity contribution >= 4 is 16.5 Å². The van der Waals surface area contributed by atoms with Gasteiger partial charge in [0.25, 0.3) is 0 Å². The molecular weight excluding hydrogens is 267 g/mol. The summed E-state index contributed by atoms with van der Waals surface area (Å²) in [5.41, 5.74) is 0. The van der Waals surface area contributed by atoms with E-state index >= 15 is 0 Å². The number of hydrogen-bond donors (Lipinski definition) is 2. The van der Waals surface area contributed by atoms with E-state index in [-0.39, 0.29) is 17.6 Å². The van der Waals surface area contributed by atoms with Crippen molar-refractivity contribution < 1.29 is 18.3 Å². The normalized spacial score (nSPS) is 13.9. The van der Waals surface area contributed by atoms with Gasteiger partial charge in [0, 0.05) is 6.54 Å². The van der Waals surface area contributed by atoms with Gasteiger partial charge >= 0.3 is 6.18 Å². The number of anilines is 1. The summed E-state index contributed by atoms with van der Waals surface area (Å²) in [5, 5.41) is 18.0. The van der Waals surface area contributed by atoms with Crippen molar-refractivity contribution in [1.29, 1.82) is 0 Å². The molecule has 1 rings (SSSR count). The van der Waals surface area contributed by atoms with Crippen molar-refractivity contribution in [2.45, 2.75) is 39.0 Å². The summed E-state index contributed by atoms with van der Waals surface area (Å²) in [6.07, 6.45) is -3.42. The predicted molar refractivity (Wildman–Crippen MR) is 63.5 cm³/mol. The molecule has 0 saturated carbocycles. The molecule has 0 radical (unpaired) electrons. The third-order valence-corrected chi connectivity index (χ3v) is 3.65. The van der Waals surface area contributed by atoms with Gasteiger partial charge in [0.2, 0.25) is 10.1 Å². The zero-order chi connectivity index (χ0) is 13.8. The fraction of sp³-hybridized carbons (Fsp3) is 0.800. The molecule has 1 unspecified atom stereocenters. The Bertz CT molecular complexity index is 365. The minimum Gasteiger partial charge on any atom is -0.391 e. The maximum absolute atomic E-state index is 12.3. The van der Waals surface area contributed by atoms with Gasteiger partial charge in [0.05, 0.1) is 6.10 Å². The zero-order valence-electron chi connectivity index (χ0n) is 10.2. The smallest absolute Gasteiger partial charge is 0.391 e. The van der Waals surface area contributed by atoms with Gasteiger partial charge in [-0.15, -0.1) is 10.2 Å². The molecule has 0 bridgehead atoms. The molecule has 0 aliphatic carbocycles. The van der Waals surface area contributed by atoms with E-state index in [1.54, 1.807) is 0 Å². The van der Waals surface area contributed by atoms with Crippen LogP contribution in [0.1, 0.15) is 31.7 Å². The third-order valence-electron chi connectivity index (χ3n) is 2.72. The summed E-state index contributed by atoms with van der Waals surface area (Å²) in [6, 6.07) is 0. The average molecular weight is 283 g/mol. The van der Waals surface area contributed by atoms with Crippen LogP contribution in [0.2, 0.25) is 0 Å². The maximum atomic E-state index is 12.3. The quantitative estimate of drug-likeness (QED) is 0.843. The Morgan fingerprint density at radius 1 is 1.28 bits per heavy atom. The van der Waals surface area contributed by atoms with Crippen LogP contribution in [0.15, 0.2) is 0 Å². The summed E-state index contributed by atoms with van der Waals surface area (Å²) in [5.74, 6) is 0.132. The van der Waals surface area contributed by atoms with Crippen LogP contribution in [-0.4, -0.2) is 28.0 Å². The minimum atomic E-state index is -4.47. The van der Waals surface area contributed by atoms with E-state index in [2.05, 4.69) is 15.5 Å². The lowest BCUT2D eigenvalue weighted by atomic mass is 9.97. The highest BCUT2D eigenvalue weighted by Crippen LogP contribution is 2.33. The van der Waals surface area contributed by atoms with Crippen LogP contribution in [0.3, 0.4) is 0 Å². The van der Waals surface area contributed by atoms with E-state index in [1.807, 2.05) is 13.8 Å². The van der Waals surface area contributed by atoms with Gasteiger partial charge in [-0.2, -0.15) is 13.2 Å². The molecule has 1 atom stereocenters. The molecular formula is C10H16F3N3OS. The molecule has 1 heterocycles. The lowest BCUT2D eigenvalue weighted by Crippen LogP contribution is -2.27. The van der Waals surface area contributed by atoms with Crippen LogP contribution in [0.5, 0.6) is 0 Å². The second-order valence-electron chi connectivity index (χ2n) is 3.93. The second-order valence-corrected chi connectivity index (χ2v) is 4.91. The van der Waals surface area contributed by atoms with Gasteiger partial charge in [-0.25, -0.2) is 0 Å². The third kappa shape index (κ3) is 4.09. The summed E-state index contributed by atoms with van der Waals surface area (Å²) >= 11 is 0.439. The van der Waals surface area contributed by atoms with Gasteiger partial charge < -0.3 is 10.4 Å². The van der Waals surface area contributed by atoms with Crippen LogP contribution in [-0.2, 0) is 6.18 Å². The molecule has 104 valence electrons. The van der Waals surface area contributed by atoms with E-state index in [4.69, 9.17) is 0 Å². The van der Waals surface area contributed by atoms with Crippen LogP contribution >= 0.6 is 11.3 Å². The fourth-order valence-electron chi connectivity index (χ4n) is 1.60. The van der Waals surface area contributed by atoms with E-state index < -0.39 is 17.3 Å². The Balaban J connectivity index is 2.51. The van der Waals surface area contributed by atoms with Gasteiger partial charge in [-0.3, -0.25) is 0 Å². The van der Waals surface area contributed by atoms with Gasteiger partial charge in [-0.1, -0.05) is 38.0 Å². The fourth-order valence-corrected chi connectivity index (χ4v) is 2.22. The summed E-state index contributed by atoms with van der Waals surface area (Å²) in [7, 11) is 0. The molecule has 1 aromatic heterocycles. The predicted octanol–water partition coefficient (Wildman–Crippen LogP) is 2.77. The maximum Gasteiger partial charge on any atom is 0.445 e. The number of rotatable bonds is 6. The van der Waals surface area contributed by atoms with Crippen LogP contribution in [0.25, 0.3) is 0 Å². The number of alkyl halides is 3. The highest BCUT2D eigenvalue weighted by Gasteiger charge is 2.35. The minimum absolute atomic E-state index is 0.0762. The van der Waals surface area contributed by atoms with Crippen molar-refractivity contribution in [3.05, 3.63) is 5.01 Å². The average Bonchev–Trinajstić information content (AvgIpc) is 2.76. The Kier molecular flexibility index (Phi) is 5.33. The molecule has 0 aromatic carbocycles. The summed E-state index contributed by atoms with van der Waals surface area (Å²) < 4.78 is 36.8. The highest BCUT2D eigenvalue weighted by molar-refractivity contribution is 7.15. The van der Waals surface area contributed by atoms with Crippen molar-refractivity contribution in [1.82, 2.24) is 10.2 Å². The monoisotopic (exact) mass is 283 g/mol. The zero-order valence-corrected chi connectivity index (χ0v) is 11.0. The van der Waals surface area contributed by atoms with Crippen LogP contribution in [0, 0.1) is 5.92 Å². The first-order valence-electron chi connectivity index (χ1n) is 5.71. The first-order chi connectivity index (χ1) is 8.38. The van der Waals surface area contributed by atoms with E-state index in [9.17, 15) is 18.3 Å². The van der Waals surface area contributed by atoms with Crippen molar-refractivity contribution in [3.8, 4) is 0 Å². The van der Waals surface area contributed by atoms with Crippen LogP contribution in [0.4, 0.5) is 18.3 Å².